The number of rotatable bonds is 8. The third-order valence-electron chi connectivity index (χ3n) is 4.60. The standard InChI is InChI=1S/C23H24N2O4S/c1-17(23(26)24-2)29-20-13-15-21(16-14-20)30(27,28)25-22(18-9-5-3-6-10-18)19-11-7-4-8-12-19/h3-17,22,25H,1-2H3,(H,24,26)/t17-/m0/s1. The van der Waals surface area contributed by atoms with Gasteiger partial charge in [0.25, 0.3) is 5.91 Å². The Morgan fingerprint density at radius 2 is 1.33 bits per heavy atom. The molecule has 0 aliphatic carbocycles. The van der Waals surface area contributed by atoms with E-state index in [1.54, 1.807) is 6.92 Å². The van der Waals surface area contributed by atoms with Gasteiger partial charge in [0.05, 0.1) is 10.9 Å². The molecule has 3 rings (SSSR count). The van der Waals surface area contributed by atoms with E-state index in [2.05, 4.69) is 10.0 Å². The van der Waals surface area contributed by atoms with Crippen molar-refractivity contribution < 1.29 is 17.9 Å². The van der Waals surface area contributed by atoms with Gasteiger partial charge in [0, 0.05) is 7.05 Å². The maximum atomic E-state index is 13.1. The number of nitrogens with one attached hydrogen (secondary N) is 2. The summed E-state index contributed by atoms with van der Waals surface area (Å²) >= 11 is 0. The molecular formula is C23H24N2O4S. The fourth-order valence-electron chi connectivity index (χ4n) is 3.00. The second-order valence-electron chi connectivity index (χ2n) is 6.72. The first kappa shape index (κ1) is 21.5. The molecule has 0 radical (unpaired) electrons. The Morgan fingerprint density at radius 1 is 0.833 bits per heavy atom. The number of sulfonamides is 1. The Labute approximate surface area is 177 Å². The topological polar surface area (TPSA) is 84.5 Å². The zero-order chi connectivity index (χ0) is 21.6. The number of hydrogen-bond donors (Lipinski definition) is 2. The van der Waals surface area contributed by atoms with Gasteiger partial charge in [-0.25, -0.2) is 8.42 Å². The molecule has 0 heterocycles. The predicted molar refractivity (Wildman–Crippen MR) is 116 cm³/mol. The van der Waals surface area contributed by atoms with Crippen LogP contribution in [0.2, 0.25) is 0 Å². The highest BCUT2D eigenvalue weighted by atomic mass is 32.2. The minimum absolute atomic E-state index is 0.110. The highest BCUT2D eigenvalue weighted by Gasteiger charge is 2.23. The molecule has 6 nitrogen and oxygen atoms in total. The highest BCUT2D eigenvalue weighted by molar-refractivity contribution is 7.89. The van der Waals surface area contributed by atoms with Crippen molar-refractivity contribution in [1.82, 2.24) is 10.0 Å². The zero-order valence-corrected chi connectivity index (χ0v) is 17.6. The van der Waals surface area contributed by atoms with Crippen molar-refractivity contribution in [2.75, 3.05) is 7.05 Å². The van der Waals surface area contributed by atoms with Crippen LogP contribution in [0.5, 0.6) is 5.75 Å². The molecule has 3 aromatic rings. The lowest BCUT2D eigenvalue weighted by atomic mass is 10.00. The molecule has 156 valence electrons. The second kappa shape index (κ2) is 9.56. The molecule has 1 amide bonds. The van der Waals surface area contributed by atoms with Gasteiger partial charge >= 0.3 is 0 Å². The van der Waals surface area contributed by atoms with Crippen LogP contribution < -0.4 is 14.8 Å². The van der Waals surface area contributed by atoms with Gasteiger partial charge in [-0.1, -0.05) is 60.7 Å². The van der Waals surface area contributed by atoms with Crippen LogP contribution in [0.4, 0.5) is 0 Å². The number of amides is 1. The normalized spacial score (nSPS) is 12.4. The number of benzene rings is 3. The van der Waals surface area contributed by atoms with Gasteiger partial charge in [-0.3, -0.25) is 4.79 Å². The summed E-state index contributed by atoms with van der Waals surface area (Å²) in [4.78, 5) is 11.7. The largest absolute Gasteiger partial charge is 0.481 e. The summed E-state index contributed by atoms with van der Waals surface area (Å²) in [5.41, 5.74) is 1.68. The maximum Gasteiger partial charge on any atom is 0.260 e. The number of carbonyl (C=O) groups is 1. The Bertz CT molecular complexity index is 1030. The van der Waals surface area contributed by atoms with Crippen LogP contribution in [0.25, 0.3) is 0 Å². The minimum atomic E-state index is -3.81. The average molecular weight is 425 g/mol. The Morgan fingerprint density at radius 3 is 1.80 bits per heavy atom. The summed E-state index contributed by atoms with van der Waals surface area (Å²) in [6, 6.07) is 24.3. The SMILES string of the molecule is CNC(=O)[C@H](C)Oc1ccc(S(=O)(=O)NC(c2ccccc2)c2ccccc2)cc1. The van der Waals surface area contributed by atoms with E-state index >= 15 is 0 Å². The van der Waals surface area contributed by atoms with Crippen molar-refractivity contribution in [1.29, 1.82) is 0 Å². The Hall–Kier alpha value is -3.16. The van der Waals surface area contributed by atoms with E-state index in [-0.39, 0.29) is 10.8 Å². The molecule has 0 saturated heterocycles. The molecule has 30 heavy (non-hydrogen) atoms. The minimum Gasteiger partial charge on any atom is -0.481 e. The monoisotopic (exact) mass is 424 g/mol. The van der Waals surface area contributed by atoms with E-state index in [9.17, 15) is 13.2 Å². The molecule has 0 aliphatic heterocycles. The van der Waals surface area contributed by atoms with Crippen molar-refractivity contribution >= 4 is 15.9 Å². The Balaban J connectivity index is 1.84. The van der Waals surface area contributed by atoms with E-state index in [1.807, 2.05) is 60.7 Å². The van der Waals surface area contributed by atoms with Gasteiger partial charge in [0.1, 0.15) is 5.75 Å². The first-order chi connectivity index (χ1) is 14.4. The number of likely N-dealkylation sites (N-methyl/N-ethyl adjacent to an activating group) is 1. The van der Waals surface area contributed by atoms with Crippen molar-refractivity contribution in [3.8, 4) is 5.75 Å². The molecule has 0 bridgehead atoms. The molecule has 2 N–H and O–H groups in total. The summed E-state index contributed by atoms with van der Waals surface area (Å²) in [6.45, 7) is 1.62. The summed E-state index contributed by atoms with van der Waals surface area (Å²) in [5.74, 6) is 0.148. The van der Waals surface area contributed by atoms with Crippen LogP contribution in [0, 0.1) is 0 Å². The van der Waals surface area contributed by atoms with E-state index in [1.165, 1.54) is 31.3 Å². The van der Waals surface area contributed by atoms with Gasteiger partial charge in [-0.05, 0) is 42.3 Å². The van der Waals surface area contributed by atoms with Crippen LogP contribution in [-0.4, -0.2) is 27.5 Å². The van der Waals surface area contributed by atoms with E-state index in [0.29, 0.717) is 5.75 Å². The summed E-state index contributed by atoms with van der Waals surface area (Å²) < 4.78 is 34.4. The molecule has 0 aromatic heterocycles. The van der Waals surface area contributed by atoms with Crippen LogP contribution in [0.3, 0.4) is 0 Å². The highest BCUT2D eigenvalue weighted by Crippen LogP contribution is 2.25. The summed E-state index contributed by atoms with van der Waals surface area (Å²) in [7, 11) is -2.28. The fourth-order valence-corrected chi connectivity index (χ4v) is 4.21. The van der Waals surface area contributed by atoms with E-state index in [4.69, 9.17) is 4.74 Å². The molecule has 0 fully saturated rings. The van der Waals surface area contributed by atoms with Crippen LogP contribution in [-0.2, 0) is 14.8 Å². The molecule has 1 atom stereocenters. The van der Waals surface area contributed by atoms with Crippen molar-refractivity contribution in [2.24, 2.45) is 0 Å². The third-order valence-corrected chi connectivity index (χ3v) is 6.04. The lowest BCUT2D eigenvalue weighted by molar-refractivity contribution is -0.126. The van der Waals surface area contributed by atoms with Crippen molar-refractivity contribution in [3.05, 3.63) is 96.1 Å². The molecule has 7 heteroatoms. The number of carbonyl (C=O) groups excluding carboxylic acids is 1. The molecule has 0 spiro atoms. The number of hydrogen-bond acceptors (Lipinski definition) is 4. The fraction of sp³-hybridized carbons (Fsp3) is 0.174. The summed E-state index contributed by atoms with van der Waals surface area (Å²) in [5, 5.41) is 2.50. The first-order valence-corrected chi connectivity index (χ1v) is 11.0. The lowest BCUT2D eigenvalue weighted by Gasteiger charge is -2.20. The smallest absolute Gasteiger partial charge is 0.260 e. The van der Waals surface area contributed by atoms with E-state index in [0.717, 1.165) is 11.1 Å². The van der Waals surface area contributed by atoms with Gasteiger partial charge < -0.3 is 10.1 Å². The van der Waals surface area contributed by atoms with Gasteiger partial charge in [0.2, 0.25) is 10.0 Å². The van der Waals surface area contributed by atoms with Crippen LogP contribution >= 0.6 is 0 Å². The van der Waals surface area contributed by atoms with Crippen molar-refractivity contribution in [2.45, 2.75) is 24.0 Å². The lowest BCUT2D eigenvalue weighted by Crippen LogP contribution is -2.33. The quantitative estimate of drug-likeness (QED) is 0.581. The number of ether oxygens (including phenoxy) is 1. The van der Waals surface area contributed by atoms with Gasteiger partial charge in [0.15, 0.2) is 6.10 Å². The van der Waals surface area contributed by atoms with Crippen LogP contribution in [0.15, 0.2) is 89.8 Å². The average Bonchev–Trinajstić information content (AvgIpc) is 2.78. The third kappa shape index (κ3) is 5.25. The van der Waals surface area contributed by atoms with Crippen LogP contribution in [0.1, 0.15) is 24.1 Å². The zero-order valence-electron chi connectivity index (χ0n) is 16.8. The molecule has 0 aliphatic rings. The predicted octanol–water partition coefficient (Wildman–Crippen LogP) is 3.27. The first-order valence-electron chi connectivity index (χ1n) is 9.51. The van der Waals surface area contributed by atoms with Gasteiger partial charge in [-0.15, -0.1) is 0 Å². The maximum absolute atomic E-state index is 13.1. The van der Waals surface area contributed by atoms with E-state index < -0.39 is 22.2 Å². The molecule has 0 saturated carbocycles. The van der Waals surface area contributed by atoms with Gasteiger partial charge in [-0.2, -0.15) is 4.72 Å². The molecular weight excluding hydrogens is 400 g/mol. The summed E-state index contributed by atoms with van der Waals surface area (Å²) in [6.07, 6.45) is -0.684. The van der Waals surface area contributed by atoms with Crippen molar-refractivity contribution in [3.63, 3.8) is 0 Å². The molecule has 0 unspecified atom stereocenters. The Kier molecular flexibility index (Phi) is 6.87. The molecule has 3 aromatic carbocycles. The second-order valence-corrected chi connectivity index (χ2v) is 8.44.